The van der Waals surface area contributed by atoms with Crippen molar-refractivity contribution in [2.75, 3.05) is 0 Å². The van der Waals surface area contributed by atoms with Crippen LogP contribution in [0.1, 0.15) is 17.6 Å². The van der Waals surface area contributed by atoms with Crippen molar-refractivity contribution in [3.05, 3.63) is 36.3 Å². The van der Waals surface area contributed by atoms with Crippen LogP contribution in [0.25, 0.3) is 0 Å². The Kier molecular flexibility index (Phi) is 2.32. The highest BCUT2D eigenvalue weighted by molar-refractivity contribution is 5.08. The average Bonchev–Trinajstić information content (AvgIpc) is 2.75. The molecule has 5 nitrogen and oxygen atoms in total. The minimum absolute atomic E-state index is 0.176. The molecule has 2 aromatic rings. The summed E-state index contributed by atoms with van der Waals surface area (Å²) in [4.78, 5) is 3.84. The molecule has 2 aromatic heterocycles. The molecule has 1 atom stereocenters. The summed E-state index contributed by atoms with van der Waals surface area (Å²) >= 11 is 0. The van der Waals surface area contributed by atoms with E-state index in [0.717, 1.165) is 11.5 Å². The molecule has 0 saturated heterocycles. The first kappa shape index (κ1) is 8.96. The minimum Gasteiger partial charge on any atom is -0.465 e. The Morgan fingerprint density at radius 1 is 1.57 bits per heavy atom. The molecule has 0 aliphatic carbocycles. The minimum atomic E-state index is -0.176. The molecule has 0 radical (unpaired) electrons. The number of hydrogen-bond donors (Lipinski definition) is 1. The number of hydrogen-bond acceptors (Lipinski definition) is 4. The lowest BCUT2D eigenvalue weighted by molar-refractivity contribution is 0.408. The summed E-state index contributed by atoms with van der Waals surface area (Å²) in [5.41, 5.74) is 5.92. The number of furan rings is 1. The monoisotopic (exact) mass is 192 g/mol. The Morgan fingerprint density at radius 3 is 3.00 bits per heavy atom. The van der Waals surface area contributed by atoms with Gasteiger partial charge in [-0.3, -0.25) is 4.68 Å². The second-order valence-corrected chi connectivity index (χ2v) is 3.17. The van der Waals surface area contributed by atoms with Crippen LogP contribution in [0, 0.1) is 6.92 Å². The first-order chi connectivity index (χ1) is 6.75. The van der Waals surface area contributed by atoms with Crippen molar-refractivity contribution in [2.45, 2.75) is 19.5 Å². The normalized spacial score (nSPS) is 13.0. The topological polar surface area (TPSA) is 69.9 Å². The predicted octanol–water partition coefficient (Wildman–Crippen LogP) is 0.880. The molecule has 0 aliphatic rings. The average molecular weight is 192 g/mol. The second-order valence-electron chi connectivity index (χ2n) is 3.17. The summed E-state index contributed by atoms with van der Waals surface area (Å²) < 4.78 is 7.09. The van der Waals surface area contributed by atoms with Crippen molar-refractivity contribution in [1.29, 1.82) is 0 Å². The van der Waals surface area contributed by atoms with Gasteiger partial charge in [0.2, 0.25) is 0 Å². The molecule has 2 N–H and O–H groups in total. The quantitative estimate of drug-likeness (QED) is 0.783. The van der Waals surface area contributed by atoms with Gasteiger partial charge in [0.05, 0.1) is 12.6 Å². The zero-order valence-electron chi connectivity index (χ0n) is 7.92. The van der Waals surface area contributed by atoms with Gasteiger partial charge in [-0.2, -0.15) is 5.10 Å². The molecule has 0 bridgehead atoms. The zero-order valence-corrected chi connectivity index (χ0v) is 7.92. The third-order valence-electron chi connectivity index (χ3n) is 1.98. The molecular formula is C9H12N4O. The number of aryl methyl sites for hydroxylation is 1. The van der Waals surface area contributed by atoms with Crippen LogP contribution in [0.5, 0.6) is 0 Å². The Morgan fingerprint density at radius 2 is 2.43 bits per heavy atom. The Bertz CT molecular complexity index is 393. The number of nitrogens with two attached hydrogens (primary N) is 1. The summed E-state index contributed by atoms with van der Waals surface area (Å²) in [7, 11) is 0. The highest BCUT2D eigenvalue weighted by Gasteiger charge is 2.10. The Hall–Kier alpha value is -1.62. The first-order valence-corrected chi connectivity index (χ1v) is 4.40. The van der Waals surface area contributed by atoms with Crippen molar-refractivity contribution in [3.8, 4) is 0 Å². The standard InChI is InChI=1S/C9H12N4O/c1-7-2-3-9(14-7)8(10)4-13-6-11-5-12-13/h2-3,5-6,8H,4,10H2,1H3. The molecule has 0 fully saturated rings. The predicted molar refractivity (Wildman–Crippen MR) is 50.4 cm³/mol. The van der Waals surface area contributed by atoms with Crippen LogP contribution in [0.2, 0.25) is 0 Å². The van der Waals surface area contributed by atoms with Crippen molar-refractivity contribution < 1.29 is 4.42 Å². The van der Waals surface area contributed by atoms with E-state index in [2.05, 4.69) is 10.1 Å². The SMILES string of the molecule is Cc1ccc(C(N)Cn2cncn2)o1. The van der Waals surface area contributed by atoms with Crippen molar-refractivity contribution >= 4 is 0 Å². The van der Waals surface area contributed by atoms with Gasteiger partial charge in [0.15, 0.2) is 0 Å². The van der Waals surface area contributed by atoms with Crippen LogP contribution < -0.4 is 5.73 Å². The summed E-state index contributed by atoms with van der Waals surface area (Å²) in [6.07, 6.45) is 3.12. The molecule has 1 unspecified atom stereocenters. The smallest absolute Gasteiger partial charge is 0.137 e. The number of rotatable bonds is 3. The lowest BCUT2D eigenvalue weighted by Crippen LogP contribution is -2.17. The van der Waals surface area contributed by atoms with Gasteiger partial charge in [0, 0.05) is 0 Å². The third-order valence-corrected chi connectivity index (χ3v) is 1.98. The van der Waals surface area contributed by atoms with Crippen LogP contribution in [0.4, 0.5) is 0 Å². The lowest BCUT2D eigenvalue weighted by atomic mass is 10.2. The number of aromatic nitrogens is 3. The maximum atomic E-state index is 5.92. The van der Waals surface area contributed by atoms with Crippen molar-refractivity contribution in [3.63, 3.8) is 0 Å². The molecule has 2 heterocycles. The van der Waals surface area contributed by atoms with Crippen LogP contribution >= 0.6 is 0 Å². The van der Waals surface area contributed by atoms with E-state index in [9.17, 15) is 0 Å². The molecule has 14 heavy (non-hydrogen) atoms. The van der Waals surface area contributed by atoms with E-state index < -0.39 is 0 Å². The summed E-state index contributed by atoms with van der Waals surface area (Å²) in [5.74, 6) is 1.65. The van der Waals surface area contributed by atoms with Crippen LogP contribution in [0.3, 0.4) is 0 Å². The highest BCUT2D eigenvalue weighted by Crippen LogP contribution is 2.14. The molecule has 0 amide bonds. The van der Waals surface area contributed by atoms with Gasteiger partial charge in [-0.25, -0.2) is 4.98 Å². The van der Waals surface area contributed by atoms with Gasteiger partial charge in [0.1, 0.15) is 24.2 Å². The molecular weight excluding hydrogens is 180 g/mol. The molecule has 5 heteroatoms. The summed E-state index contributed by atoms with van der Waals surface area (Å²) in [6.45, 7) is 2.47. The van der Waals surface area contributed by atoms with E-state index in [4.69, 9.17) is 10.2 Å². The maximum Gasteiger partial charge on any atom is 0.137 e. The molecule has 0 saturated carbocycles. The molecule has 2 rings (SSSR count). The molecule has 0 aliphatic heterocycles. The van der Waals surface area contributed by atoms with Crippen LogP contribution in [-0.2, 0) is 6.54 Å². The first-order valence-electron chi connectivity index (χ1n) is 4.40. The van der Waals surface area contributed by atoms with Gasteiger partial charge in [0.25, 0.3) is 0 Å². The van der Waals surface area contributed by atoms with Gasteiger partial charge < -0.3 is 10.2 Å². The van der Waals surface area contributed by atoms with Gasteiger partial charge >= 0.3 is 0 Å². The number of nitrogens with zero attached hydrogens (tertiary/aromatic N) is 3. The van der Waals surface area contributed by atoms with Gasteiger partial charge in [-0.1, -0.05) is 0 Å². The summed E-state index contributed by atoms with van der Waals surface area (Å²) in [5, 5.41) is 3.97. The van der Waals surface area contributed by atoms with E-state index in [1.165, 1.54) is 6.33 Å². The van der Waals surface area contributed by atoms with Gasteiger partial charge in [-0.15, -0.1) is 0 Å². The fourth-order valence-corrected chi connectivity index (χ4v) is 1.27. The Balaban J connectivity index is 2.06. The van der Waals surface area contributed by atoms with Crippen molar-refractivity contribution in [1.82, 2.24) is 14.8 Å². The fraction of sp³-hybridized carbons (Fsp3) is 0.333. The van der Waals surface area contributed by atoms with E-state index in [1.807, 2.05) is 19.1 Å². The van der Waals surface area contributed by atoms with E-state index in [1.54, 1.807) is 11.0 Å². The van der Waals surface area contributed by atoms with E-state index >= 15 is 0 Å². The van der Waals surface area contributed by atoms with Gasteiger partial charge in [-0.05, 0) is 19.1 Å². The molecule has 0 spiro atoms. The van der Waals surface area contributed by atoms with Crippen LogP contribution in [-0.4, -0.2) is 14.8 Å². The summed E-state index contributed by atoms with van der Waals surface area (Å²) in [6, 6.07) is 3.61. The molecule has 74 valence electrons. The zero-order chi connectivity index (χ0) is 9.97. The second kappa shape index (κ2) is 3.63. The fourth-order valence-electron chi connectivity index (χ4n) is 1.27. The van der Waals surface area contributed by atoms with Crippen molar-refractivity contribution in [2.24, 2.45) is 5.73 Å². The maximum absolute atomic E-state index is 5.92. The highest BCUT2D eigenvalue weighted by atomic mass is 16.3. The largest absolute Gasteiger partial charge is 0.465 e. The van der Waals surface area contributed by atoms with E-state index in [-0.39, 0.29) is 6.04 Å². The Labute approximate surface area is 81.5 Å². The van der Waals surface area contributed by atoms with E-state index in [0.29, 0.717) is 6.54 Å². The third kappa shape index (κ3) is 1.82. The van der Waals surface area contributed by atoms with Crippen LogP contribution in [0.15, 0.2) is 29.2 Å². The lowest BCUT2D eigenvalue weighted by Gasteiger charge is -2.07. The molecule has 0 aromatic carbocycles.